The molecule has 208 valence electrons. The van der Waals surface area contributed by atoms with Gasteiger partial charge < -0.3 is 29.8 Å². The van der Waals surface area contributed by atoms with Gasteiger partial charge in [-0.3, -0.25) is 14.4 Å². The number of carbonyl (C=O) groups excluding carboxylic acids is 2. The van der Waals surface area contributed by atoms with Gasteiger partial charge in [-0.2, -0.15) is 0 Å². The number of aryl methyl sites for hydroxylation is 1. The van der Waals surface area contributed by atoms with Crippen LogP contribution in [0.15, 0.2) is 77.6 Å². The first kappa shape index (κ1) is 26.2. The molecule has 4 heterocycles. The number of carbonyl (C=O) groups is 2. The Morgan fingerprint density at radius 2 is 1.80 bits per heavy atom. The van der Waals surface area contributed by atoms with Crippen LogP contribution in [0, 0.1) is 6.92 Å². The minimum atomic E-state index is -0.415. The first-order valence-corrected chi connectivity index (χ1v) is 13.5. The van der Waals surface area contributed by atoms with Crippen molar-refractivity contribution in [2.24, 2.45) is 0 Å². The van der Waals surface area contributed by atoms with Crippen molar-refractivity contribution in [2.45, 2.75) is 25.8 Å². The summed E-state index contributed by atoms with van der Waals surface area (Å²) in [6.45, 7) is 2.90. The molecule has 8 bridgehead atoms. The number of nitrogens with one attached hydrogen (secondary N) is 2. The van der Waals surface area contributed by atoms with E-state index in [2.05, 4.69) is 10.3 Å². The molecule has 9 nitrogen and oxygen atoms in total. The maximum atomic E-state index is 13.9. The van der Waals surface area contributed by atoms with Crippen LogP contribution >= 0.6 is 0 Å². The Balaban J connectivity index is 1.44. The van der Waals surface area contributed by atoms with E-state index in [4.69, 9.17) is 9.47 Å². The van der Waals surface area contributed by atoms with E-state index in [1.165, 1.54) is 18.2 Å². The van der Waals surface area contributed by atoms with Gasteiger partial charge in [-0.05, 0) is 85.0 Å². The van der Waals surface area contributed by atoms with Gasteiger partial charge in [0.25, 0.3) is 11.8 Å². The lowest BCUT2D eigenvalue weighted by Gasteiger charge is -2.38. The molecule has 0 spiro atoms. The zero-order valence-electron chi connectivity index (χ0n) is 22.5. The summed E-state index contributed by atoms with van der Waals surface area (Å²) < 4.78 is 12.1. The fourth-order valence-electron chi connectivity index (χ4n) is 5.45. The van der Waals surface area contributed by atoms with Crippen LogP contribution in [-0.4, -0.2) is 46.5 Å². The monoisotopic (exact) mass is 551 g/mol. The molecule has 3 N–H and O–H groups in total. The average molecular weight is 552 g/mol. The zero-order chi connectivity index (χ0) is 28.5. The summed E-state index contributed by atoms with van der Waals surface area (Å²) in [7, 11) is 0. The summed E-state index contributed by atoms with van der Waals surface area (Å²) >= 11 is 0. The van der Waals surface area contributed by atoms with Crippen LogP contribution in [0.4, 0.5) is 0 Å². The number of pyridine rings is 1. The fraction of sp³-hybridized carbons (Fsp3) is 0.219. The second-order valence-electron chi connectivity index (χ2n) is 10.2. The molecular weight excluding hydrogens is 522 g/mol. The number of rotatable bonds is 1. The van der Waals surface area contributed by atoms with Crippen molar-refractivity contribution < 1.29 is 24.2 Å². The number of hydrogen-bond donors (Lipinski definition) is 3. The largest absolute Gasteiger partial charge is 0.507 e. The second kappa shape index (κ2) is 10.8. The molecule has 2 amide bonds. The number of nitrogens with zero attached hydrogens (tertiary/aromatic N) is 1. The quantitative estimate of drug-likeness (QED) is 0.321. The summed E-state index contributed by atoms with van der Waals surface area (Å²) in [6.07, 6.45) is 1.13. The fourth-order valence-corrected chi connectivity index (χ4v) is 5.45. The first-order chi connectivity index (χ1) is 19.9. The highest BCUT2D eigenvalue weighted by atomic mass is 16.5. The maximum Gasteiger partial charge on any atom is 0.255 e. The van der Waals surface area contributed by atoms with Crippen molar-refractivity contribution in [1.82, 2.24) is 15.2 Å². The van der Waals surface area contributed by atoms with E-state index in [0.717, 1.165) is 16.7 Å². The van der Waals surface area contributed by atoms with Gasteiger partial charge in [0, 0.05) is 30.4 Å². The number of aromatic amines is 1. The van der Waals surface area contributed by atoms with Gasteiger partial charge in [0.15, 0.2) is 0 Å². The molecular formula is C32H29N3O6. The van der Waals surface area contributed by atoms with Crippen molar-refractivity contribution in [3.05, 3.63) is 117 Å². The third kappa shape index (κ3) is 5.38. The van der Waals surface area contributed by atoms with Gasteiger partial charge in [-0.15, -0.1) is 0 Å². The molecule has 9 heteroatoms. The normalized spacial score (nSPS) is 16.6. The van der Waals surface area contributed by atoms with Crippen LogP contribution in [0.2, 0.25) is 0 Å². The molecule has 3 aromatic carbocycles. The molecule has 3 aliphatic rings. The number of fused-ring (bicyclic) bond motifs is 6. The Bertz CT molecular complexity index is 1710. The first-order valence-electron chi connectivity index (χ1n) is 13.5. The topological polar surface area (TPSA) is 121 Å². The highest BCUT2D eigenvalue weighted by Crippen LogP contribution is 2.39. The van der Waals surface area contributed by atoms with Crippen molar-refractivity contribution in [3.63, 3.8) is 0 Å². The Morgan fingerprint density at radius 3 is 2.66 bits per heavy atom. The van der Waals surface area contributed by atoms with Crippen molar-refractivity contribution >= 4 is 11.8 Å². The molecule has 1 aromatic heterocycles. The van der Waals surface area contributed by atoms with Crippen LogP contribution in [-0.2, 0) is 6.42 Å². The molecule has 3 aliphatic heterocycles. The minimum Gasteiger partial charge on any atom is -0.507 e. The Kier molecular flexibility index (Phi) is 6.93. The van der Waals surface area contributed by atoms with E-state index >= 15 is 0 Å². The van der Waals surface area contributed by atoms with Crippen molar-refractivity contribution in [3.8, 4) is 23.0 Å². The Morgan fingerprint density at radius 1 is 0.976 bits per heavy atom. The Labute approximate surface area is 236 Å². The minimum absolute atomic E-state index is 0.124. The maximum absolute atomic E-state index is 13.9. The lowest BCUT2D eigenvalue weighted by Crippen LogP contribution is -2.41. The zero-order valence-corrected chi connectivity index (χ0v) is 22.5. The summed E-state index contributed by atoms with van der Waals surface area (Å²) in [5, 5.41) is 13.1. The standard InChI is InChI=1S/C32H29N3O6/c1-19-14-22(17-29(37)34-19)32(39)35-12-10-20-15-24-6-8-26(20)30(35)21-4-2-5-23(16-21)40-13-3-11-33-31(38)27-18-25(41-24)7-9-28(27)36/h2,4-9,14-18,30,36H,3,10-13H2,1H3,(H,33,38)(H,34,37). The van der Waals surface area contributed by atoms with Crippen LogP contribution in [0.5, 0.6) is 23.0 Å². The van der Waals surface area contributed by atoms with Gasteiger partial charge in [-0.25, -0.2) is 0 Å². The van der Waals surface area contributed by atoms with Crippen LogP contribution in [0.1, 0.15) is 55.6 Å². The number of benzene rings is 3. The lowest BCUT2D eigenvalue weighted by molar-refractivity contribution is 0.0693. The number of hydrogen-bond acceptors (Lipinski definition) is 6. The van der Waals surface area contributed by atoms with Gasteiger partial charge >= 0.3 is 0 Å². The van der Waals surface area contributed by atoms with Crippen LogP contribution in [0.3, 0.4) is 0 Å². The molecule has 0 aliphatic carbocycles. The number of aromatic nitrogens is 1. The van der Waals surface area contributed by atoms with E-state index in [9.17, 15) is 19.5 Å². The highest BCUT2D eigenvalue weighted by Gasteiger charge is 2.33. The smallest absolute Gasteiger partial charge is 0.255 e. The van der Waals surface area contributed by atoms with E-state index in [1.807, 2.05) is 42.5 Å². The van der Waals surface area contributed by atoms with Gasteiger partial charge in [0.2, 0.25) is 5.56 Å². The van der Waals surface area contributed by atoms with Crippen molar-refractivity contribution in [2.75, 3.05) is 19.7 Å². The van der Waals surface area contributed by atoms with Crippen LogP contribution < -0.4 is 20.3 Å². The van der Waals surface area contributed by atoms with Gasteiger partial charge in [-0.1, -0.05) is 18.2 Å². The molecule has 1 unspecified atom stereocenters. The molecule has 0 fully saturated rings. The van der Waals surface area contributed by atoms with Crippen LogP contribution in [0.25, 0.3) is 0 Å². The van der Waals surface area contributed by atoms with Crippen molar-refractivity contribution in [1.29, 1.82) is 0 Å². The number of amides is 2. The molecule has 0 saturated carbocycles. The van der Waals surface area contributed by atoms with Gasteiger partial charge in [0.05, 0.1) is 18.2 Å². The molecule has 0 saturated heterocycles. The molecule has 7 rings (SSSR count). The third-order valence-corrected chi connectivity index (χ3v) is 7.33. The van der Waals surface area contributed by atoms with E-state index in [0.29, 0.717) is 61.0 Å². The number of ether oxygens (including phenoxy) is 2. The summed E-state index contributed by atoms with van der Waals surface area (Å²) in [5.74, 6) is 0.875. The number of H-pyrrole nitrogens is 1. The molecule has 4 aromatic rings. The molecule has 41 heavy (non-hydrogen) atoms. The third-order valence-electron chi connectivity index (χ3n) is 7.33. The number of aromatic hydroxyl groups is 1. The Hall–Kier alpha value is -5.05. The summed E-state index contributed by atoms with van der Waals surface area (Å²) in [6, 6.07) is 20.5. The van der Waals surface area contributed by atoms with E-state index in [-0.39, 0.29) is 22.8 Å². The molecule has 1 atom stereocenters. The number of phenols is 1. The second-order valence-corrected chi connectivity index (χ2v) is 10.2. The SMILES string of the molecule is Cc1cc(C(=O)N2CCc3cc4ccc3C2c2cccc(c2)OCCCNC(=O)c2cc(ccc2O)O4)cc(=O)[nH]1. The summed E-state index contributed by atoms with van der Waals surface area (Å²) in [4.78, 5) is 43.2. The van der Waals surface area contributed by atoms with E-state index in [1.54, 1.807) is 24.0 Å². The highest BCUT2D eigenvalue weighted by molar-refractivity contribution is 5.97. The lowest BCUT2D eigenvalue weighted by atomic mass is 9.87. The summed E-state index contributed by atoms with van der Waals surface area (Å²) in [5.41, 5.74) is 3.61. The predicted molar refractivity (Wildman–Crippen MR) is 152 cm³/mol. The predicted octanol–water partition coefficient (Wildman–Crippen LogP) is 4.48. The molecule has 0 radical (unpaired) electrons. The van der Waals surface area contributed by atoms with E-state index < -0.39 is 11.9 Å². The number of phenolic OH excluding ortho intramolecular Hbond substituents is 1. The average Bonchev–Trinajstić information content (AvgIpc) is 2.96. The van der Waals surface area contributed by atoms with Gasteiger partial charge in [0.1, 0.15) is 23.0 Å².